The molecule has 2 aromatic rings. The van der Waals surface area contributed by atoms with Gasteiger partial charge in [0, 0.05) is 10.5 Å². The minimum absolute atomic E-state index is 0.428. The van der Waals surface area contributed by atoms with E-state index in [4.69, 9.17) is 14.6 Å². The molecule has 0 unspecified atom stereocenters. The third-order valence-electron chi connectivity index (χ3n) is 3.01. The van der Waals surface area contributed by atoms with Crippen LogP contribution in [0.25, 0.3) is 6.08 Å². The lowest BCUT2D eigenvalue weighted by Crippen LogP contribution is -2.00. The maximum atomic E-state index is 10.7. The van der Waals surface area contributed by atoms with Gasteiger partial charge in [-0.05, 0) is 36.3 Å². The van der Waals surface area contributed by atoms with Crippen molar-refractivity contribution in [1.29, 1.82) is 0 Å². The zero-order chi connectivity index (χ0) is 16.7. The van der Waals surface area contributed by atoms with Gasteiger partial charge in [0.15, 0.2) is 11.5 Å². The number of aliphatic carboxylic acids is 1. The smallest absolute Gasteiger partial charge is 0.328 e. The highest BCUT2D eigenvalue weighted by Gasteiger charge is 2.10. The van der Waals surface area contributed by atoms with Crippen molar-refractivity contribution in [2.75, 3.05) is 6.61 Å². The second kappa shape index (κ2) is 8.39. The van der Waals surface area contributed by atoms with E-state index in [0.29, 0.717) is 30.3 Å². The van der Waals surface area contributed by atoms with Gasteiger partial charge in [0.2, 0.25) is 0 Å². The second-order valence-corrected chi connectivity index (χ2v) is 5.55. The summed E-state index contributed by atoms with van der Waals surface area (Å²) in [5.41, 5.74) is 1.77. The van der Waals surface area contributed by atoms with Crippen molar-refractivity contribution in [2.45, 2.75) is 13.5 Å². The molecule has 5 heteroatoms. The van der Waals surface area contributed by atoms with Gasteiger partial charge in [-0.3, -0.25) is 0 Å². The predicted octanol–water partition coefficient (Wildman–Crippen LogP) is 4.52. The molecule has 1 N–H and O–H groups in total. The van der Waals surface area contributed by atoms with Gasteiger partial charge in [-0.1, -0.05) is 46.3 Å². The Kier molecular flexibility index (Phi) is 6.23. The molecular weight excluding hydrogens is 360 g/mol. The van der Waals surface area contributed by atoms with Gasteiger partial charge in [-0.2, -0.15) is 0 Å². The summed E-state index contributed by atoms with van der Waals surface area (Å²) in [6.07, 6.45) is 2.59. The van der Waals surface area contributed by atoms with E-state index in [-0.39, 0.29) is 0 Å². The zero-order valence-corrected chi connectivity index (χ0v) is 14.2. The van der Waals surface area contributed by atoms with Crippen LogP contribution < -0.4 is 9.47 Å². The highest BCUT2D eigenvalue weighted by molar-refractivity contribution is 9.10. The summed E-state index contributed by atoms with van der Waals surface area (Å²) >= 11 is 3.43. The summed E-state index contributed by atoms with van der Waals surface area (Å²) in [5, 5.41) is 8.75. The number of carbonyl (C=O) groups is 1. The summed E-state index contributed by atoms with van der Waals surface area (Å²) in [4.78, 5) is 10.7. The highest BCUT2D eigenvalue weighted by Crippen LogP contribution is 2.35. The fourth-order valence-electron chi connectivity index (χ4n) is 1.96. The lowest BCUT2D eigenvalue weighted by atomic mass is 10.2. The van der Waals surface area contributed by atoms with Crippen LogP contribution in [-0.4, -0.2) is 17.7 Å². The Morgan fingerprint density at radius 3 is 2.52 bits per heavy atom. The molecule has 0 fully saturated rings. The molecule has 0 saturated carbocycles. The van der Waals surface area contributed by atoms with E-state index in [1.165, 1.54) is 6.08 Å². The van der Waals surface area contributed by atoms with Crippen LogP contribution in [0.2, 0.25) is 0 Å². The quantitative estimate of drug-likeness (QED) is 0.721. The van der Waals surface area contributed by atoms with Gasteiger partial charge in [0.05, 0.1) is 6.61 Å². The summed E-state index contributed by atoms with van der Waals surface area (Å²) in [6.45, 7) is 2.80. The third kappa shape index (κ3) is 5.14. The van der Waals surface area contributed by atoms with Gasteiger partial charge >= 0.3 is 5.97 Å². The molecule has 0 saturated heterocycles. The molecule has 0 aliphatic heterocycles. The number of carboxylic acids is 1. The van der Waals surface area contributed by atoms with E-state index in [1.807, 2.05) is 37.3 Å². The second-order valence-electron chi connectivity index (χ2n) is 4.70. The van der Waals surface area contributed by atoms with Crippen molar-refractivity contribution in [2.24, 2.45) is 0 Å². The lowest BCUT2D eigenvalue weighted by Gasteiger charge is -2.14. The minimum Gasteiger partial charge on any atom is -0.490 e. The fraction of sp³-hybridized carbons (Fsp3) is 0.167. The monoisotopic (exact) mass is 376 g/mol. The molecule has 0 aliphatic carbocycles. The normalized spacial score (nSPS) is 10.7. The third-order valence-corrected chi connectivity index (χ3v) is 3.69. The molecule has 0 bridgehead atoms. The van der Waals surface area contributed by atoms with Crippen LogP contribution in [0.5, 0.6) is 11.5 Å². The molecule has 0 aromatic heterocycles. The zero-order valence-electron chi connectivity index (χ0n) is 12.7. The lowest BCUT2D eigenvalue weighted by molar-refractivity contribution is -0.131. The average Bonchev–Trinajstić information content (AvgIpc) is 2.54. The Balaban J connectivity index is 2.24. The molecule has 4 nitrogen and oxygen atoms in total. The molecule has 0 amide bonds. The first-order chi connectivity index (χ1) is 11.1. The molecule has 0 radical (unpaired) electrons. The van der Waals surface area contributed by atoms with Gasteiger partial charge < -0.3 is 14.6 Å². The van der Waals surface area contributed by atoms with Crippen LogP contribution in [0.15, 0.2) is 53.0 Å². The van der Waals surface area contributed by atoms with Crippen LogP contribution >= 0.6 is 15.9 Å². The van der Waals surface area contributed by atoms with E-state index >= 15 is 0 Å². The van der Waals surface area contributed by atoms with Gasteiger partial charge in [-0.25, -0.2) is 4.79 Å². The number of halogens is 1. The number of hydrogen-bond donors (Lipinski definition) is 1. The first-order valence-electron chi connectivity index (χ1n) is 7.14. The Bertz CT molecular complexity index is 696. The Morgan fingerprint density at radius 2 is 1.87 bits per heavy atom. The molecule has 0 heterocycles. The minimum atomic E-state index is -1.00. The largest absolute Gasteiger partial charge is 0.490 e. The molecule has 0 aliphatic rings. The summed E-state index contributed by atoms with van der Waals surface area (Å²) in [5.74, 6) is 0.186. The summed E-state index contributed by atoms with van der Waals surface area (Å²) < 4.78 is 12.2. The van der Waals surface area contributed by atoms with Gasteiger partial charge in [0.1, 0.15) is 6.61 Å². The van der Waals surface area contributed by atoms with Crippen molar-refractivity contribution in [3.8, 4) is 11.5 Å². The number of ether oxygens (including phenoxy) is 2. The van der Waals surface area contributed by atoms with Crippen LogP contribution in [0, 0.1) is 0 Å². The number of carboxylic acid groups (broad SMARTS) is 1. The van der Waals surface area contributed by atoms with E-state index < -0.39 is 5.97 Å². The number of rotatable bonds is 7. The standard InChI is InChI=1S/C18H17BrO4/c1-2-22-16-10-14(8-9-18(20)21)15(19)11-17(16)23-12-13-6-4-3-5-7-13/h3-11H,2,12H2,1H3,(H,20,21)/b9-8+. The van der Waals surface area contributed by atoms with Gasteiger partial charge in [-0.15, -0.1) is 0 Å². The van der Waals surface area contributed by atoms with Crippen molar-refractivity contribution < 1.29 is 19.4 Å². The van der Waals surface area contributed by atoms with Crippen molar-refractivity contribution >= 4 is 28.0 Å². The van der Waals surface area contributed by atoms with Crippen LogP contribution in [0.4, 0.5) is 0 Å². The maximum Gasteiger partial charge on any atom is 0.328 e. The van der Waals surface area contributed by atoms with Crippen molar-refractivity contribution in [3.63, 3.8) is 0 Å². The molecule has 23 heavy (non-hydrogen) atoms. The molecule has 2 rings (SSSR count). The van der Waals surface area contributed by atoms with E-state index in [0.717, 1.165) is 16.1 Å². The highest BCUT2D eigenvalue weighted by atomic mass is 79.9. The predicted molar refractivity (Wildman–Crippen MR) is 92.8 cm³/mol. The number of benzene rings is 2. The van der Waals surface area contributed by atoms with Crippen molar-refractivity contribution in [3.05, 3.63) is 64.1 Å². The SMILES string of the molecule is CCOc1cc(/C=C/C(=O)O)c(Br)cc1OCc1ccccc1. The maximum absolute atomic E-state index is 10.7. The van der Waals surface area contributed by atoms with E-state index in [1.54, 1.807) is 12.1 Å². The van der Waals surface area contributed by atoms with Crippen LogP contribution in [0.1, 0.15) is 18.1 Å². The fourth-order valence-corrected chi connectivity index (χ4v) is 2.41. The Hall–Kier alpha value is -2.27. The summed E-state index contributed by atoms with van der Waals surface area (Å²) in [6, 6.07) is 13.4. The summed E-state index contributed by atoms with van der Waals surface area (Å²) in [7, 11) is 0. The molecule has 0 spiro atoms. The van der Waals surface area contributed by atoms with Gasteiger partial charge in [0.25, 0.3) is 0 Å². The molecule has 2 aromatic carbocycles. The Morgan fingerprint density at radius 1 is 1.17 bits per heavy atom. The first kappa shape index (κ1) is 17.1. The topological polar surface area (TPSA) is 55.8 Å². The number of hydrogen-bond acceptors (Lipinski definition) is 3. The molecular formula is C18H17BrO4. The van der Waals surface area contributed by atoms with Crippen molar-refractivity contribution in [1.82, 2.24) is 0 Å². The average molecular weight is 377 g/mol. The van der Waals surface area contributed by atoms with Crippen LogP contribution in [-0.2, 0) is 11.4 Å². The van der Waals surface area contributed by atoms with E-state index in [2.05, 4.69) is 15.9 Å². The first-order valence-corrected chi connectivity index (χ1v) is 7.93. The van der Waals surface area contributed by atoms with Crippen LogP contribution in [0.3, 0.4) is 0 Å². The van der Waals surface area contributed by atoms with E-state index in [9.17, 15) is 4.79 Å². The molecule has 120 valence electrons. The Labute approximate surface area is 143 Å². The molecule has 0 atom stereocenters.